The lowest BCUT2D eigenvalue weighted by atomic mass is 9.99. The summed E-state index contributed by atoms with van der Waals surface area (Å²) in [5, 5.41) is 4.63. The van der Waals surface area contributed by atoms with Crippen molar-refractivity contribution in [3.05, 3.63) is 29.1 Å². The largest absolute Gasteiger partial charge is 0.369 e. The molecule has 2 atom stereocenters. The fourth-order valence-electron chi connectivity index (χ4n) is 3.24. The molecule has 0 aliphatic carbocycles. The molecule has 0 bridgehead atoms. The van der Waals surface area contributed by atoms with Crippen LogP contribution in [0, 0.1) is 0 Å². The molecule has 1 aromatic heterocycles. The Kier molecular flexibility index (Phi) is 3.85. The molecule has 0 unspecified atom stereocenters. The van der Waals surface area contributed by atoms with Crippen LogP contribution >= 0.6 is 0 Å². The molecule has 0 saturated heterocycles. The number of fused-ring (bicyclic) bond motifs is 1. The van der Waals surface area contributed by atoms with E-state index in [0.717, 1.165) is 36.3 Å². The van der Waals surface area contributed by atoms with Crippen molar-refractivity contribution in [2.24, 2.45) is 0 Å². The summed E-state index contributed by atoms with van der Waals surface area (Å²) in [6, 6.07) is 0. The number of aryl methyl sites for hydroxylation is 1. The van der Waals surface area contributed by atoms with Gasteiger partial charge >= 0.3 is 0 Å². The second kappa shape index (κ2) is 5.64. The Morgan fingerprint density at radius 2 is 2.24 bits per heavy atom. The molecule has 5 nitrogen and oxygen atoms in total. The van der Waals surface area contributed by atoms with Crippen molar-refractivity contribution < 1.29 is 9.53 Å². The van der Waals surface area contributed by atoms with Crippen molar-refractivity contribution in [2.75, 3.05) is 13.1 Å². The first kappa shape index (κ1) is 14.3. The van der Waals surface area contributed by atoms with E-state index in [1.165, 1.54) is 0 Å². The molecule has 0 radical (unpaired) electrons. The van der Waals surface area contributed by atoms with Crippen LogP contribution in [0.15, 0.2) is 12.2 Å². The number of carbonyl (C=O) groups excluding carboxylic acids is 1. The molecule has 0 aromatic carbocycles. The molecule has 2 aliphatic rings. The van der Waals surface area contributed by atoms with E-state index in [0.29, 0.717) is 13.1 Å². The monoisotopic (exact) mass is 289 g/mol. The van der Waals surface area contributed by atoms with E-state index in [1.54, 1.807) is 0 Å². The number of rotatable bonds is 2. The van der Waals surface area contributed by atoms with Crippen LogP contribution < -0.4 is 0 Å². The maximum Gasteiger partial charge on any atom is 0.272 e. The average molecular weight is 289 g/mol. The number of amides is 1. The molecule has 5 heteroatoms. The standard InChI is InChI=1S/C16H23N3O2/c1-4-19-15(16(20)18-8-6-5-7-9-18)13-10-11(2)21-12(3)14(13)17-19/h5-6,11-12H,4,7-10H2,1-3H3/t11-,12+/m0/s1. The molecular formula is C16H23N3O2. The third-order valence-electron chi connectivity index (χ3n) is 4.24. The molecule has 3 heterocycles. The highest BCUT2D eigenvalue weighted by molar-refractivity contribution is 5.94. The second-order valence-electron chi connectivity index (χ2n) is 5.83. The van der Waals surface area contributed by atoms with Crippen molar-refractivity contribution in [1.29, 1.82) is 0 Å². The molecule has 0 saturated carbocycles. The molecule has 114 valence electrons. The van der Waals surface area contributed by atoms with Crippen molar-refractivity contribution in [2.45, 2.75) is 52.4 Å². The van der Waals surface area contributed by atoms with Crippen LogP contribution in [0.1, 0.15) is 55.0 Å². The van der Waals surface area contributed by atoms with Crippen LogP contribution in [0.3, 0.4) is 0 Å². The summed E-state index contributed by atoms with van der Waals surface area (Å²) >= 11 is 0. The number of carbonyl (C=O) groups is 1. The van der Waals surface area contributed by atoms with Crippen LogP contribution in [0.4, 0.5) is 0 Å². The maximum absolute atomic E-state index is 12.9. The maximum atomic E-state index is 12.9. The zero-order valence-electron chi connectivity index (χ0n) is 13.0. The van der Waals surface area contributed by atoms with E-state index in [-0.39, 0.29) is 18.1 Å². The molecule has 2 aliphatic heterocycles. The van der Waals surface area contributed by atoms with E-state index in [9.17, 15) is 4.79 Å². The van der Waals surface area contributed by atoms with E-state index >= 15 is 0 Å². The van der Waals surface area contributed by atoms with Gasteiger partial charge in [-0.1, -0.05) is 12.2 Å². The van der Waals surface area contributed by atoms with Gasteiger partial charge in [0.2, 0.25) is 0 Å². The number of ether oxygens (including phenoxy) is 1. The van der Waals surface area contributed by atoms with Crippen LogP contribution in [0.25, 0.3) is 0 Å². The molecule has 1 aromatic rings. The quantitative estimate of drug-likeness (QED) is 0.785. The van der Waals surface area contributed by atoms with Crippen molar-refractivity contribution in [1.82, 2.24) is 14.7 Å². The molecule has 0 N–H and O–H groups in total. The highest BCUT2D eigenvalue weighted by Crippen LogP contribution is 2.32. The van der Waals surface area contributed by atoms with Gasteiger partial charge in [0.15, 0.2) is 0 Å². The molecule has 0 fully saturated rings. The van der Waals surface area contributed by atoms with E-state index in [1.807, 2.05) is 23.4 Å². The molecule has 3 rings (SSSR count). The molecule has 0 spiro atoms. The van der Waals surface area contributed by atoms with E-state index < -0.39 is 0 Å². The summed E-state index contributed by atoms with van der Waals surface area (Å²) in [7, 11) is 0. The Hall–Kier alpha value is -1.62. The lowest BCUT2D eigenvalue weighted by Gasteiger charge is -2.27. The summed E-state index contributed by atoms with van der Waals surface area (Å²) in [6.45, 7) is 8.30. The van der Waals surface area contributed by atoms with E-state index in [2.05, 4.69) is 24.2 Å². The first-order valence-electron chi connectivity index (χ1n) is 7.81. The van der Waals surface area contributed by atoms with Gasteiger partial charge in [-0.2, -0.15) is 5.10 Å². The summed E-state index contributed by atoms with van der Waals surface area (Å²) in [5.74, 6) is 0.108. The predicted octanol–water partition coefficient (Wildman–Crippen LogP) is 2.33. The highest BCUT2D eigenvalue weighted by Gasteiger charge is 2.33. The lowest BCUT2D eigenvalue weighted by molar-refractivity contribution is -0.00716. The Morgan fingerprint density at radius 1 is 1.43 bits per heavy atom. The predicted molar refractivity (Wildman–Crippen MR) is 80.2 cm³/mol. The van der Waals surface area contributed by atoms with Crippen LogP contribution in [-0.4, -0.2) is 39.8 Å². The number of hydrogen-bond acceptors (Lipinski definition) is 3. The number of nitrogens with zero attached hydrogens (tertiary/aromatic N) is 3. The fourth-order valence-corrected chi connectivity index (χ4v) is 3.24. The lowest BCUT2D eigenvalue weighted by Crippen LogP contribution is -2.36. The normalized spacial score (nSPS) is 25.0. The second-order valence-corrected chi connectivity index (χ2v) is 5.83. The van der Waals surface area contributed by atoms with Crippen LogP contribution in [0.2, 0.25) is 0 Å². The minimum absolute atomic E-state index is 0.0376. The van der Waals surface area contributed by atoms with Gasteiger partial charge in [-0.25, -0.2) is 0 Å². The fraction of sp³-hybridized carbons (Fsp3) is 0.625. The van der Waals surface area contributed by atoms with Gasteiger partial charge in [0.25, 0.3) is 5.91 Å². The summed E-state index contributed by atoms with van der Waals surface area (Å²) in [4.78, 5) is 14.8. The summed E-state index contributed by atoms with van der Waals surface area (Å²) in [6.07, 6.45) is 6.00. The molecular weight excluding hydrogens is 266 g/mol. The first-order chi connectivity index (χ1) is 10.1. The Balaban J connectivity index is 2.00. The van der Waals surface area contributed by atoms with Gasteiger partial charge in [-0.05, 0) is 27.2 Å². The third kappa shape index (κ3) is 2.50. The topological polar surface area (TPSA) is 47.4 Å². The van der Waals surface area contributed by atoms with Crippen molar-refractivity contribution in [3.8, 4) is 0 Å². The van der Waals surface area contributed by atoms with Gasteiger partial charge in [-0.15, -0.1) is 0 Å². The van der Waals surface area contributed by atoms with Crippen LogP contribution in [0.5, 0.6) is 0 Å². The van der Waals surface area contributed by atoms with Gasteiger partial charge in [0.1, 0.15) is 5.69 Å². The SMILES string of the molecule is CCn1nc2c(c1C(=O)N1CC=CCC1)C[C@H](C)O[C@@H]2C. The minimum Gasteiger partial charge on any atom is -0.369 e. The van der Waals surface area contributed by atoms with E-state index in [4.69, 9.17) is 4.74 Å². The van der Waals surface area contributed by atoms with Gasteiger partial charge in [0.05, 0.1) is 17.9 Å². The average Bonchev–Trinajstić information content (AvgIpc) is 2.86. The molecule has 21 heavy (non-hydrogen) atoms. The zero-order valence-corrected chi connectivity index (χ0v) is 13.0. The van der Waals surface area contributed by atoms with Crippen LogP contribution in [-0.2, 0) is 17.7 Å². The Labute approximate surface area is 125 Å². The number of aromatic nitrogens is 2. The Bertz CT molecular complexity index is 576. The minimum atomic E-state index is -0.0376. The smallest absolute Gasteiger partial charge is 0.272 e. The zero-order chi connectivity index (χ0) is 15.0. The first-order valence-corrected chi connectivity index (χ1v) is 7.81. The van der Waals surface area contributed by atoms with Crippen molar-refractivity contribution >= 4 is 5.91 Å². The third-order valence-corrected chi connectivity index (χ3v) is 4.24. The molecule has 1 amide bonds. The Morgan fingerprint density at radius 3 is 2.90 bits per heavy atom. The highest BCUT2D eigenvalue weighted by atomic mass is 16.5. The number of hydrogen-bond donors (Lipinski definition) is 0. The van der Waals surface area contributed by atoms with Gasteiger partial charge in [0, 0.05) is 31.6 Å². The van der Waals surface area contributed by atoms with Gasteiger partial charge < -0.3 is 9.64 Å². The van der Waals surface area contributed by atoms with Crippen molar-refractivity contribution in [3.63, 3.8) is 0 Å². The summed E-state index contributed by atoms with van der Waals surface area (Å²) in [5.41, 5.74) is 2.79. The van der Waals surface area contributed by atoms with Gasteiger partial charge in [-0.3, -0.25) is 9.48 Å². The summed E-state index contributed by atoms with van der Waals surface area (Å²) < 4.78 is 7.69.